The van der Waals surface area contributed by atoms with E-state index in [0.717, 1.165) is 35.9 Å². The van der Waals surface area contributed by atoms with Crippen molar-refractivity contribution in [3.8, 4) is 0 Å². The van der Waals surface area contributed by atoms with Crippen molar-refractivity contribution in [2.75, 3.05) is 11.4 Å². The van der Waals surface area contributed by atoms with E-state index in [2.05, 4.69) is 56.7 Å². The SMILES string of the molecule is CCC(C)N(CC)c1ncc(CNC(C)(C)C)cc1Cl. The third kappa shape index (κ3) is 4.95. The largest absolute Gasteiger partial charge is 0.353 e. The fraction of sp³-hybridized carbons (Fsp3) is 0.688. The number of anilines is 1. The molecule has 20 heavy (non-hydrogen) atoms. The number of rotatable bonds is 6. The number of hydrogen-bond donors (Lipinski definition) is 1. The summed E-state index contributed by atoms with van der Waals surface area (Å²) in [5, 5.41) is 4.19. The minimum atomic E-state index is 0.0946. The van der Waals surface area contributed by atoms with Crippen LogP contribution in [-0.4, -0.2) is 23.1 Å². The summed E-state index contributed by atoms with van der Waals surface area (Å²) < 4.78 is 0. The highest BCUT2D eigenvalue weighted by atomic mass is 35.5. The molecule has 1 atom stereocenters. The molecule has 0 radical (unpaired) electrons. The number of halogens is 1. The van der Waals surface area contributed by atoms with Gasteiger partial charge in [-0.3, -0.25) is 0 Å². The smallest absolute Gasteiger partial charge is 0.147 e. The van der Waals surface area contributed by atoms with Crippen molar-refractivity contribution in [3.63, 3.8) is 0 Å². The molecule has 1 aromatic heterocycles. The highest BCUT2D eigenvalue weighted by Gasteiger charge is 2.16. The van der Waals surface area contributed by atoms with Crippen LogP contribution in [0.2, 0.25) is 5.02 Å². The zero-order valence-electron chi connectivity index (χ0n) is 13.6. The molecule has 0 saturated carbocycles. The second-order valence-corrected chi connectivity index (χ2v) is 6.70. The van der Waals surface area contributed by atoms with Crippen LogP contribution >= 0.6 is 11.6 Å². The van der Waals surface area contributed by atoms with Crippen LogP contribution in [0.4, 0.5) is 5.82 Å². The first-order chi connectivity index (χ1) is 9.28. The van der Waals surface area contributed by atoms with E-state index in [1.807, 2.05) is 12.3 Å². The Kier molecular flexibility index (Phi) is 6.28. The van der Waals surface area contributed by atoms with E-state index in [1.54, 1.807) is 0 Å². The lowest BCUT2D eigenvalue weighted by atomic mass is 10.1. The lowest BCUT2D eigenvalue weighted by molar-refractivity contribution is 0.424. The Bertz CT molecular complexity index is 426. The van der Waals surface area contributed by atoms with Crippen LogP contribution in [0, 0.1) is 0 Å². The van der Waals surface area contributed by atoms with Gasteiger partial charge in [-0.05, 0) is 52.7 Å². The van der Waals surface area contributed by atoms with Gasteiger partial charge in [-0.25, -0.2) is 4.98 Å². The van der Waals surface area contributed by atoms with Gasteiger partial charge in [0.15, 0.2) is 0 Å². The van der Waals surface area contributed by atoms with E-state index >= 15 is 0 Å². The number of hydrogen-bond acceptors (Lipinski definition) is 3. The van der Waals surface area contributed by atoms with Gasteiger partial charge in [-0.2, -0.15) is 0 Å². The summed E-state index contributed by atoms with van der Waals surface area (Å²) in [5.41, 5.74) is 1.21. The van der Waals surface area contributed by atoms with Gasteiger partial charge in [0.1, 0.15) is 5.82 Å². The summed E-state index contributed by atoms with van der Waals surface area (Å²) in [7, 11) is 0. The molecular weight excluding hydrogens is 270 g/mol. The van der Waals surface area contributed by atoms with Gasteiger partial charge in [0, 0.05) is 30.9 Å². The molecule has 0 aliphatic rings. The Hall–Kier alpha value is -0.800. The van der Waals surface area contributed by atoms with E-state index in [-0.39, 0.29) is 5.54 Å². The highest BCUT2D eigenvalue weighted by Crippen LogP contribution is 2.26. The summed E-state index contributed by atoms with van der Waals surface area (Å²) in [4.78, 5) is 6.83. The predicted octanol–water partition coefficient (Wildman–Crippen LogP) is 4.25. The molecule has 3 nitrogen and oxygen atoms in total. The van der Waals surface area contributed by atoms with Crippen LogP contribution in [0.5, 0.6) is 0 Å². The Morgan fingerprint density at radius 2 is 2.00 bits per heavy atom. The Labute approximate surface area is 128 Å². The molecule has 0 aliphatic carbocycles. The first-order valence-electron chi connectivity index (χ1n) is 7.44. The number of aromatic nitrogens is 1. The standard InChI is InChI=1S/C16H28ClN3/c1-7-12(3)20(8-2)15-14(17)9-13(10-18-15)11-19-16(4,5)6/h9-10,12,19H,7-8,11H2,1-6H3. The van der Waals surface area contributed by atoms with Gasteiger partial charge in [-0.15, -0.1) is 0 Å². The summed E-state index contributed by atoms with van der Waals surface area (Å²) in [6.45, 7) is 14.7. The van der Waals surface area contributed by atoms with E-state index in [4.69, 9.17) is 11.6 Å². The fourth-order valence-electron chi connectivity index (χ4n) is 2.04. The van der Waals surface area contributed by atoms with Crippen molar-refractivity contribution >= 4 is 17.4 Å². The van der Waals surface area contributed by atoms with Crippen molar-refractivity contribution in [3.05, 3.63) is 22.8 Å². The van der Waals surface area contributed by atoms with Crippen LogP contribution in [0.3, 0.4) is 0 Å². The molecule has 4 heteroatoms. The van der Waals surface area contributed by atoms with E-state index in [0.29, 0.717) is 6.04 Å². The minimum absolute atomic E-state index is 0.0946. The van der Waals surface area contributed by atoms with E-state index in [1.165, 1.54) is 0 Å². The maximum absolute atomic E-state index is 6.42. The van der Waals surface area contributed by atoms with E-state index < -0.39 is 0 Å². The molecule has 0 saturated heterocycles. The molecule has 1 aromatic rings. The summed E-state index contributed by atoms with van der Waals surface area (Å²) >= 11 is 6.42. The summed E-state index contributed by atoms with van der Waals surface area (Å²) in [5.74, 6) is 0.892. The molecule has 1 heterocycles. The van der Waals surface area contributed by atoms with Gasteiger partial charge in [-0.1, -0.05) is 18.5 Å². The Morgan fingerprint density at radius 3 is 2.45 bits per heavy atom. The quantitative estimate of drug-likeness (QED) is 0.851. The van der Waals surface area contributed by atoms with Crippen LogP contribution < -0.4 is 10.2 Å². The average Bonchev–Trinajstić information content (AvgIpc) is 2.38. The van der Waals surface area contributed by atoms with Crippen molar-refractivity contribution < 1.29 is 0 Å². The van der Waals surface area contributed by atoms with Crippen molar-refractivity contribution in [2.24, 2.45) is 0 Å². The molecule has 0 amide bonds. The zero-order chi connectivity index (χ0) is 15.3. The molecule has 1 unspecified atom stereocenters. The highest BCUT2D eigenvalue weighted by molar-refractivity contribution is 6.33. The van der Waals surface area contributed by atoms with E-state index in [9.17, 15) is 0 Å². The summed E-state index contributed by atoms with van der Waals surface area (Å²) in [6.07, 6.45) is 3.00. The number of nitrogens with one attached hydrogen (secondary N) is 1. The van der Waals surface area contributed by atoms with Crippen molar-refractivity contribution in [1.82, 2.24) is 10.3 Å². The van der Waals surface area contributed by atoms with Gasteiger partial charge in [0.25, 0.3) is 0 Å². The molecule has 1 N–H and O–H groups in total. The molecular formula is C16H28ClN3. The molecule has 1 rings (SSSR count). The zero-order valence-corrected chi connectivity index (χ0v) is 14.4. The third-order valence-electron chi connectivity index (χ3n) is 3.44. The lowest BCUT2D eigenvalue weighted by Crippen LogP contribution is -2.35. The predicted molar refractivity (Wildman–Crippen MR) is 88.6 cm³/mol. The molecule has 0 spiro atoms. The van der Waals surface area contributed by atoms with Crippen LogP contribution in [0.25, 0.3) is 0 Å². The average molecular weight is 298 g/mol. The summed E-state index contributed by atoms with van der Waals surface area (Å²) in [6, 6.07) is 2.47. The monoisotopic (exact) mass is 297 g/mol. The van der Waals surface area contributed by atoms with Gasteiger partial charge >= 0.3 is 0 Å². The Morgan fingerprint density at radius 1 is 1.35 bits per heavy atom. The molecule has 0 fully saturated rings. The Balaban J connectivity index is 2.87. The van der Waals surface area contributed by atoms with Crippen molar-refractivity contribution in [1.29, 1.82) is 0 Å². The van der Waals surface area contributed by atoms with Crippen LogP contribution in [0.15, 0.2) is 12.3 Å². The lowest BCUT2D eigenvalue weighted by Gasteiger charge is -2.29. The minimum Gasteiger partial charge on any atom is -0.353 e. The fourth-order valence-corrected chi connectivity index (χ4v) is 2.33. The number of pyridine rings is 1. The first kappa shape index (κ1) is 17.3. The van der Waals surface area contributed by atoms with Crippen LogP contribution in [0.1, 0.15) is 53.5 Å². The normalized spacial score (nSPS) is 13.3. The molecule has 0 bridgehead atoms. The first-order valence-corrected chi connectivity index (χ1v) is 7.82. The van der Waals surface area contributed by atoms with Gasteiger partial charge in [0.05, 0.1) is 5.02 Å². The van der Waals surface area contributed by atoms with Crippen molar-refractivity contribution in [2.45, 2.75) is 66.1 Å². The van der Waals surface area contributed by atoms with Gasteiger partial charge < -0.3 is 10.2 Å². The van der Waals surface area contributed by atoms with Crippen LogP contribution in [-0.2, 0) is 6.54 Å². The maximum atomic E-state index is 6.42. The second-order valence-electron chi connectivity index (χ2n) is 6.30. The second kappa shape index (κ2) is 7.28. The molecule has 114 valence electrons. The topological polar surface area (TPSA) is 28.2 Å². The third-order valence-corrected chi connectivity index (χ3v) is 3.71. The molecule has 0 aliphatic heterocycles. The molecule has 0 aromatic carbocycles. The van der Waals surface area contributed by atoms with Gasteiger partial charge in [0.2, 0.25) is 0 Å². The number of nitrogens with zero attached hydrogens (tertiary/aromatic N) is 2. The maximum Gasteiger partial charge on any atom is 0.147 e.